The zero-order valence-corrected chi connectivity index (χ0v) is 13.0. The van der Waals surface area contributed by atoms with E-state index in [2.05, 4.69) is 4.72 Å². The van der Waals surface area contributed by atoms with Crippen LogP contribution in [0.4, 0.5) is 5.69 Å². The van der Waals surface area contributed by atoms with Gasteiger partial charge in [0.25, 0.3) is 0 Å². The maximum Gasteiger partial charge on any atom is 0.233 e. The Morgan fingerprint density at radius 3 is 2.24 bits per heavy atom. The minimum absolute atomic E-state index is 0.0358. The van der Waals surface area contributed by atoms with Crippen LogP contribution in [0.5, 0.6) is 0 Å². The van der Waals surface area contributed by atoms with Crippen molar-refractivity contribution in [2.75, 3.05) is 10.5 Å². The summed E-state index contributed by atoms with van der Waals surface area (Å²) in [4.78, 5) is 0.286. The minimum atomic E-state index is -3.38. The third-order valence-electron chi connectivity index (χ3n) is 2.95. The first-order valence-electron chi connectivity index (χ1n) is 6.40. The number of benzene rings is 2. The Balaban J connectivity index is 1.99. The smallest absolute Gasteiger partial charge is 0.233 e. The van der Waals surface area contributed by atoms with Gasteiger partial charge >= 0.3 is 0 Å². The van der Waals surface area contributed by atoms with Crippen molar-refractivity contribution in [3.8, 4) is 0 Å². The molecule has 0 aromatic heterocycles. The molecule has 4 nitrogen and oxygen atoms in total. The molecule has 0 saturated heterocycles. The van der Waals surface area contributed by atoms with Gasteiger partial charge in [-0.25, -0.2) is 8.42 Å². The number of rotatable bonds is 6. The SMILES string of the molecule is NC(=S)c1ccc(NS(=O)(=O)CCc2ccccc2)cc1. The highest BCUT2D eigenvalue weighted by Gasteiger charge is 2.10. The van der Waals surface area contributed by atoms with Gasteiger partial charge in [-0.05, 0) is 36.2 Å². The molecule has 0 aliphatic carbocycles. The largest absolute Gasteiger partial charge is 0.389 e. The molecule has 6 heteroatoms. The number of thiocarbonyl (C=S) groups is 1. The highest BCUT2D eigenvalue weighted by molar-refractivity contribution is 7.92. The van der Waals surface area contributed by atoms with Crippen LogP contribution in [0.25, 0.3) is 0 Å². The molecule has 0 saturated carbocycles. The van der Waals surface area contributed by atoms with Crippen LogP contribution >= 0.6 is 12.2 Å². The molecule has 0 aliphatic rings. The monoisotopic (exact) mass is 320 g/mol. The lowest BCUT2D eigenvalue weighted by Gasteiger charge is -2.08. The van der Waals surface area contributed by atoms with Crippen LogP contribution in [0.15, 0.2) is 54.6 Å². The summed E-state index contributed by atoms with van der Waals surface area (Å²) in [6, 6.07) is 16.2. The molecule has 2 aromatic carbocycles. The number of nitrogens with one attached hydrogen (secondary N) is 1. The number of sulfonamides is 1. The Morgan fingerprint density at radius 1 is 1.05 bits per heavy atom. The second-order valence-corrected chi connectivity index (χ2v) is 6.88. The second-order valence-electron chi connectivity index (χ2n) is 4.60. The summed E-state index contributed by atoms with van der Waals surface area (Å²) in [5, 5.41) is 0. The van der Waals surface area contributed by atoms with Crippen LogP contribution < -0.4 is 10.5 Å². The molecule has 0 aliphatic heterocycles. The lowest BCUT2D eigenvalue weighted by Crippen LogP contribution is -2.18. The molecule has 0 amide bonds. The number of hydrogen-bond acceptors (Lipinski definition) is 3. The third kappa shape index (κ3) is 4.84. The van der Waals surface area contributed by atoms with E-state index in [4.69, 9.17) is 18.0 Å². The molecule has 0 bridgehead atoms. The van der Waals surface area contributed by atoms with Crippen LogP contribution in [0.1, 0.15) is 11.1 Å². The molecule has 0 spiro atoms. The van der Waals surface area contributed by atoms with Crippen LogP contribution in [0.2, 0.25) is 0 Å². The van der Waals surface area contributed by atoms with E-state index in [9.17, 15) is 8.42 Å². The fraction of sp³-hybridized carbons (Fsp3) is 0.133. The Kier molecular flexibility index (Phi) is 4.93. The van der Waals surface area contributed by atoms with Gasteiger partial charge in [-0.1, -0.05) is 42.5 Å². The van der Waals surface area contributed by atoms with Gasteiger partial charge in [0, 0.05) is 11.3 Å². The Labute approximate surface area is 130 Å². The Morgan fingerprint density at radius 2 is 1.67 bits per heavy atom. The molecule has 0 radical (unpaired) electrons. The molecule has 2 aromatic rings. The van der Waals surface area contributed by atoms with Gasteiger partial charge in [0.2, 0.25) is 10.0 Å². The molecular formula is C15H16N2O2S2. The molecule has 0 unspecified atom stereocenters. The van der Waals surface area contributed by atoms with E-state index in [1.165, 1.54) is 0 Å². The first-order valence-corrected chi connectivity index (χ1v) is 8.47. The zero-order chi connectivity index (χ0) is 15.3. The summed E-state index contributed by atoms with van der Waals surface area (Å²) in [6.07, 6.45) is 0.473. The summed E-state index contributed by atoms with van der Waals surface area (Å²) in [5.74, 6) is 0.0358. The average Bonchev–Trinajstić information content (AvgIpc) is 2.46. The fourth-order valence-electron chi connectivity index (χ4n) is 1.83. The number of aryl methyl sites for hydroxylation is 1. The summed E-state index contributed by atoms with van der Waals surface area (Å²) < 4.78 is 26.6. The van der Waals surface area contributed by atoms with Crippen molar-refractivity contribution in [3.63, 3.8) is 0 Å². The predicted molar refractivity (Wildman–Crippen MR) is 89.9 cm³/mol. The van der Waals surface area contributed by atoms with Crippen LogP contribution in [-0.4, -0.2) is 19.2 Å². The first kappa shape index (κ1) is 15.5. The van der Waals surface area contributed by atoms with Gasteiger partial charge in [-0.3, -0.25) is 4.72 Å². The van der Waals surface area contributed by atoms with E-state index in [0.29, 0.717) is 17.7 Å². The molecule has 21 heavy (non-hydrogen) atoms. The maximum atomic E-state index is 12.0. The average molecular weight is 320 g/mol. The van der Waals surface area contributed by atoms with Crippen LogP contribution in [-0.2, 0) is 16.4 Å². The first-order chi connectivity index (χ1) is 9.96. The summed E-state index contributed by atoms with van der Waals surface area (Å²) >= 11 is 4.85. The fourth-order valence-corrected chi connectivity index (χ4v) is 3.07. The number of anilines is 1. The molecular weight excluding hydrogens is 304 g/mol. The van der Waals surface area contributed by atoms with Crippen molar-refractivity contribution in [2.45, 2.75) is 6.42 Å². The van der Waals surface area contributed by atoms with Crippen molar-refractivity contribution < 1.29 is 8.42 Å². The van der Waals surface area contributed by atoms with E-state index in [1.54, 1.807) is 24.3 Å². The lowest BCUT2D eigenvalue weighted by molar-refractivity contribution is 0.600. The normalized spacial score (nSPS) is 11.0. The van der Waals surface area contributed by atoms with Crippen molar-refractivity contribution in [2.24, 2.45) is 5.73 Å². The molecule has 0 heterocycles. The molecule has 0 fully saturated rings. The van der Waals surface area contributed by atoms with Crippen molar-refractivity contribution >= 4 is 32.9 Å². The summed E-state index contributed by atoms with van der Waals surface area (Å²) in [7, 11) is -3.38. The topological polar surface area (TPSA) is 72.2 Å². The molecule has 0 atom stereocenters. The quantitative estimate of drug-likeness (QED) is 0.801. The zero-order valence-electron chi connectivity index (χ0n) is 11.3. The van der Waals surface area contributed by atoms with Gasteiger partial charge in [-0.2, -0.15) is 0 Å². The standard InChI is InChI=1S/C15H16N2O2S2/c16-15(20)13-6-8-14(9-7-13)17-21(18,19)11-10-12-4-2-1-3-5-12/h1-9,17H,10-11H2,(H2,16,20). The summed E-state index contributed by atoms with van der Waals surface area (Å²) in [5.41, 5.74) is 7.70. The third-order valence-corrected chi connectivity index (χ3v) is 4.47. The van der Waals surface area contributed by atoms with Gasteiger partial charge in [-0.15, -0.1) is 0 Å². The second kappa shape index (κ2) is 6.69. The number of nitrogens with two attached hydrogens (primary N) is 1. The predicted octanol–water partition coefficient (Wildman–Crippen LogP) is 2.31. The lowest BCUT2D eigenvalue weighted by atomic mass is 10.2. The van der Waals surface area contributed by atoms with Gasteiger partial charge in [0.15, 0.2) is 0 Å². The highest BCUT2D eigenvalue weighted by Crippen LogP contribution is 2.12. The maximum absolute atomic E-state index is 12.0. The van der Waals surface area contributed by atoms with Gasteiger partial charge in [0.1, 0.15) is 4.99 Å². The Hall–Kier alpha value is -1.92. The van der Waals surface area contributed by atoms with E-state index in [-0.39, 0.29) is 10.7 Å². The van der Waals surface area contributed by atoms with E-state index in [0.717, 1.165) is 5.56 Å². The van der Waals surface area contributed by atoms with Crippen molar-refractivity contribution in [1.29, 1.82) is 0 Å². The Bertz CT molecular complexity index is 711. The van der Waals surface area contributed by atoms with Crippen molar-refractivity contribution in [1.82, 2.24) is 0 Å². The van der Waals surface area contributed by atoms with E-state index >= 15 is 0 Å². The van der Waals surface area contributed by atoms with Gasteiger partial charge < -0.3 is 5.73 Å². The van der Waals surface area contributed by atoms with Crippen molar-refractivity contribution in [3.05, 3.63) is 65.7 Å². The minimum Gasteiger partial charge on any atom is -0.389 e. The number of hydrogen-bond donors (Lipinski definition) is 2. The summed E-state index contributed by atoms with van der Waals surface area (Å²) in [6.45, 7) is 0. The molecule has 3 N–H and O–H groups in total. The van der Waals surface area contributed by atoms with Crippen LogP contribution in [0.3, 0.4) is 0 Å². The molecule has 2 rings (SSSR count). The molecule has 110 valence electrons. The van der Waals surface area contributed by atoms with Crippen LogP contribution in [0, 0.1) is 0 Å². The van der Waals surface area contributed by atoms with E-state index in [1.807, 2.05) is 30.3 Å². The van der Waals surface area contributed by atoms with E-state index < -0.39 is 10.0 Å². The highest BCUT2D eigenvalue weighted by atomic mass is 32.2. The van der Waals surface area contributed by atoms with Gasteiger partial charge in [0.05, 0.1) is 5.75 Å².